The highest BCUT2D eigenvalue weighted by Gasteiger charge is 2.23. The number of rotatable bonds is 5. The molecule has 148 valence electrons. The second kappa shape index (κ2) is 8.60. The standard InChI is InChI=1S/C22H23N5O2/c1-29-19-6-4-5-18(15-19)25-20-9-8-17(16-24-20)22(28)27-13-11-26(12-14-27)21-7-2-3-10-23-21/h2-10,15-16H,11-14H2,1H3,(H,24,25). The predicted octanol–water partition coefficient (Wildman–Crippen LogP) is 3.19. The number of anilines is 3. The Labute approximate surface area is 170 Å². The van der Waals surface area contributed by atoms with Crippen LogP contribution in [0.3, 0.4) is 0 Å². The van der Waals surface area contributed by atoms with E-state index in [1.807, 2.05) is 59.5 Å². The Kier molecular flexibility index (Phi) is 5.56. The van der Waals surface area contributed by atoms with E-state index in [2.05, 4.69) is 20.2 Å². The first kappa shape index (κ1) is 18.7. The number of amides is 1. The lowest BCUT2D eigenvalue weighted by Gasteiger charge is -2.35. The predicted molar refractivity (Wildman–Crippen MR) is 113 cm³/mol. The van der Waals surface area contributed by atoms with Crippen molar-refractivity contribution in [3.63, 3.8) is 0 Å². The van der Waals surface area contributed by atoms with Gasteiger partial charge in [-0.1, -0.05) is 12.1 Å². The first-order chi connectivity index (χ1) is 14.2. The molecule has 0 atom stereocenters. The minimum absolute atomic E-state index is 0.00565. The van der Waals surface area contributed by atoms with E-state index in [0.29, 0.717) is 24.5 Å². The molecule has 1 aromatic carbocycles. The molecule has 1 aliphatic heterocycles. The number of piperazine rings is 1. The van der Waals surface area contributed by atoms with Gasteiger partial charge >= 0.3 is 0 Å². The maximum atomic E-state index is 12.8. The van der Waals surface area contributed by atoms with E-state index in [4.69, 9.17) is 4.74 Å². The van der Waals surface area contributed by atoms with Crippen molar-refractivity contribution < 1.29 is 9.53 Å². The minimum atomic E-state index is 0.00565. The van der Waals surface area contributed by atoms with E-state index in [-0.39, 0.29) is 5.91 Å². The van der Waals surface area contributed by atoms with Crippen LogP contribution in [0.15, 0.2) is 67.0 Å². The number of hydrogen-bond acceptors (Lipinski definition) is 6. The summed E-state index contributed by atoms with van der Waals surface area (Å²) in [5.74, 6) is 2.40. The van der Waals surface area contributed by atoms with Crippen LogP contribution in [-0.4, -0.2) is 54.1 Å². The molecule has 1 amide bonds. The molecule has 0 spiro atoms. The molecule has 0 saturated carbocycles. The summed E-state index contributed by atoms with van der Waals surface area (Å²) in [4.78, 5) is 25.6. The zero-order valence-corrected chi connectivity index (χ0v) is 16.3. The molecule has 1 aliphatic rings. The van der Waals surface area contributed by atoms with E-state index in [1.165, 1.54) is 0 Å². The van der Waals surface area contributed by atoms with Gasteiger partial charge in [0.25, 0.3) is 5.91 Å². The number of benzene rings is 1. The van der Waals surface area contributed by atoms with Gasteiger partial charge in [0, 0.05) is 50.3 Å². The minimum Gasteiger partial charge on any atom is -0.497 e. The fourth-order valence-corrected chi connectivity index (χ4v) is 3.31. The van der Waals surface area contributed by atoms with Crippen LogP contribution in [0.1, 0.15) is 10.4 Å². The Bertz CT molecular complexity index is 954. The zero-order valence-electron chi connectivity index (χ0n) is 16.3. The third-order valence-electron chi connectivity index (χ3n) is 4.89. The summed E-state index contributed by atoms with van der Waals surface area (Å²) < 4.78 is 5.23. The fraction of sp³-hybridized carbons (Fsp3) is 0.227. The summed E-state index contributed by atoms with van der Waals surface area (Å²) in [5, 5.41) is 3.22. The molecule has 7 heteroatoms. The van der Waals surface area contributed by atoms with Crippen molar-refractivity contribution in [1.29, 1.82) is 0 Å². The molecule has 0 aliphatic carbocycles. The molecule has 7 nitrogen and oxygen atoms in total. The lowest BCUT2D eigenvalue weighted by atomic mass is 10.2. The van der Waals surface area contributed by atoms with Crippen molar-refractivity contribution in [1.82, 2.24) is 14.9 Å². The maximum absolute atomic E-state index is 12.8. The summed E-state index contributed by atoms with van der Waals surface area (Å²) in [5.41, 5.74) is 1.47. The summed E-state index contributed by atoms with van der Waals surface area (Å²) in [6.07, 6.45) is 3.41. The molecule has 0 bridgehead atoms. The number of aromatic nitrogens is 2. The number of carbonyl (C=O) groups is 1. The van der Waals surface area contributed by atoms with Gasteiger partial charge in [0.2, 0.25) is 0 Å². The largest absolute Gasteiger partial charge is 0.497 e. The van der Waals surface area contributed by atoms with Crippen LogP contribution in [0.5, 0.6) is 5.75 Å². The van der Waals surface area contributed by atoms with Crippen LogP contribution in [0.4, 0.5) is 17.3 Å². The van der Waals surface area contributed by atoms with Gasteiger partial charge in [-0.05, 0) is 36.4 Å². The van der Waals surface area contributed by atoms with Crippen molar-refractivity contribution in [2.24, 2.45) is 0 Å². The van der Waals surface area contributed by atoms with Gasteiger partial charge in [-0.3, -0.25) is 4.79 Å². The van der Waals surface area contributed by atoms with Gasteiger partial charge in [0.1, 0.15) is 17.4 Å². The second-order valence-electron chi connectivity index (χ2n) is 6.76. The van der Waals surface area contributed by atoms with Gasteiger partial charge in [0.05, 0.1) is 12.7 Å². The van der Waals surface area contributed by atoms with Crippen LogP contribution < -0.4 is 15.0 Å². The Hall–Kier alpha value is -3.61. The van der Waals surface area contributed by atoms with Crippen molar-refractivity contribution in [2.75, 3.05) is 43.5 Å². The van der Waals surface area contributed by atoms with E-state index >= 15 is 0 Å². The molecule has 1 N–H and O–H groups in total. The Morgan fingerprint density at radius 2 is 1.86 bits per heavy atom. The van der Waals surface area contributed by atoms with Gasteiger partial charge < -0.3 is 19.9 Å². The number of nitrogens with one attached hydrogen (secondary N) is 1. The van der Waals surface area contributed by atoms with Crippen LogP contribution in [0, 0.1) is 0 Å². The lowest BCUT2D eigenvalue weighted by molar-refractivity contribution is 0.0746. The molecule has 0 unspecified atom stereocenters. The van der Waals surface area contributed by atoms with Crippen molar-refractivity contribution in [3.05, 3.63) is 72.6 Å². The van der Waals surface area contributed by atoms with E-state index in [1.54, 1.807) is 19.5 Å². The molecule has 3 heterocycles. The lowest BCUT2D eigenvalue weighted by Crippen LogP contribution is -2.49. The monoisotopic (exact) mass is 389 g/mol. The van der Waals surface area contributed by atoms with Crippen LogP contribution in [0.25, 0.3) is 0 Å². The van der Waals surface area contributed by atoms with E-state index in [0.717, 1.165) is 30.3 Å². The summed E-state index contributed by atoms with van der Waals surface area (Å²) in [6.45, 7) is 2.87. The summed E-state index contributed by atoms with van der Waals surface area (Å²) in [7, 11) is 1.63. The quantitative estimate of drug-likeness (QED) is 0.723. The molecular weight excluding hydrogens is 366 g/mol. The number of nitrogens with zero attached hydrogens (tertiary/aromatic N) is 4. The number of methoxy groups -OCH3 is 1. The SMILES string of the molecule is COc1cccc(Nc2ccc(C(=O)N3CCN(c4ccccn4)CC3)cn2)c1. The second-order valence-corrected chi connectivity index (χ2v) is 6.76. The van der Waals surface area contributed by atoms with Gasteiger partial charge in [-0.15, -0.1) is 0 Å². The van der Waals surface area contributed by atoms with Gasteiger partial charge in [0.15, 0.2) is 0 Å². The zero-order chi connectivity index (χ0) is 20.1. The number of hydrogen-bond donors (Lipinski definition) is 1. The van der Waals surface area contributed by atoms with Crippen LogP contribution in [0.2, 0.25) is 0 Å². The normalized spacial score (nSPS) is 13.8. The first-order valence-electron chi connectivity index (χ1n) is 9.55. The Balaban J connectivity index is 1.36. The highest BCUT2D eigenvalue weighted by atomic mass is 16.5. The topological polar surface area (TPSA) is 70.6 Å². The fourth-order valence-electron chi connectivity index (χ4n) is 3.31. The molecular formula is C22H23N5O2. The maximum Gasteiger partial charge on any atom is 0.255 e. The summed E-state index contributed by atoms with van der Waals surface area (Å²) in [6, 6.07) is 17.1. The Morgan fingerprint density at radius 1 is 1.00 bits per heavy atom. The first-order valence-corrected chi connectivity index (χ1v) is 9.55. The van der Waals surface area contributed by atoms with Crippen molar-refractivity contribution in [2.45, 2.75) is 0 Å². The van der Waals surface area contributed by atoms with E-state index < -0.39 is 0 Å². The molecule has 29 heavy (non-hydrogen) atoms. The smallest absolute Gasteiger partial charge is 0.255 e. The number of carbonyl (C=O) groups excluding carboxylic acids is 1. The highest BCUT2D eigenvalue weighted by Crippen LogP contribution is 2.21. The number of ether oxygens (including phenoxy) is 1. The van der Waals surface area contributed by atoms with Crippen molar-refractivity contribution >= 4 is 23.2 Å². The average Bonchev–Trinajstić information content (AvgIpc) is 2.80. The van der Waals surface area contributed by atoms with Crippen LogP contribution >= 0.6 is 0 Å². The highest BCUT2D eigenvalue weighted by molar-refractivity contribution is 5.94. The van der Waals surface area contributed by atoms with Crippen LogP contribution in [-0.2, 0) is 0 Å². The Morgan fingerprint density at radius 3 is 2.55 bits per heavy atom. The third kappa shape index (κ3) is 4.45. The molecule has 4 rings (SSSR count). The van der Waals surface area contributed by atoms with Crippen molar-refractivity contribution in [3.8, 4) is 5.75 Å². The average molecular weight is 389 g/mol. The third-order valence-corrected chi connectivity index (χ3v) is 4.89. The molecule has 0 radical (unpaired) electrons. The van der Waals surface area contributed by atoms with E-state index in [9.17, 15) is 4.79 Å². The van der Waals surface area contributed by atoms with Gasteiger partial charge in [-0.25, -0.2) is 9.97 Å². The molecule has 2 aromatic heterocycles. The molecule has 3 aromatic rings. The van der Waals surface area contributed by atoms with Gasteiger partial charge in [-0.2, -0.15) is 0 Å². The summed E-state index contributed by atoms with van der Waals surface area (Å²) >= 11 is 0. The molecule has 1 saturated heterocycles. The number of pyridine rings is 2. The molecule has 1 fully saturated rings.